The molecule has 15 heteroatoms. The second-order valence-electron chi connectivity index (χ2n) is 9.48. The van der Waals surface area contributed by atoms with Crippen LogP contribution in [0.15, 0.2) is 54.6 Å². The van der Waals surface area contributed by atoms with Crippen molar-refractivity contribution < 1.29 is 40.3 Å². The number of halogens is 8. The molecular weight excluding hydrogens is 613 g/mol. The van der Waals surface area contributed by atoms with Crippen LogP contribution in [0.1, 0.15) is 38.8 Å². The van der Waals surface area contributed by atoms with E-state index in [-0.39, 0.29) is 51.2 Å². The molecule has 1 aliphatic heterocycles. The molecule has 6 nitrogen and oxygen atoms in total. The van der Waals surface area contributed by atoms with Crippen molar-refractivity contribution in [1.29, 1.82) is 0 Å². The van der Waals surface area contributed by atoms with Gasteiger partial charge in [0, 0.05) is 23.9 Å². The number of alkyl halides is 7. The maximum absolute atomic E-state index is 14.6. The fourth-order valence-corrected chi connectivity index (χ4v) is 4.89. The molecule has 0 saturated heterocycles. The molecule has 224 valence electrons. The Hall–Kier alpha value is -3.65. The first-order valence-corrected chi connectivity index (χ1v) is 13.2. The van der Waals surface area contributed by atoms with Gasteiger partial charge < -0.3 is 21.3 Å². The molecule has 4 N–H and O–H groups in total. The minimum absolute atomic E-state index is 0.0342. The SMILES string of the molecule is C[C@@H](CS)N1C(=O)c2c(Cl)cccc2C(=O)Nc2ccc(CNc3cc(C(F)(C(F)(F)F)C(F)(F)F)ccc3N)cc21. The van der Waals surface area contributed by atoms with E-state index in [1.807, 2.05) is 0 Å². The normalized spacial score (nSPS) is 14.9. The number of thiol groups is 1. The van der Waals surface area contributed by atoms with Crippen molar-refractivity contribution in [2.75, 3.05) is 27.0 Å². The summed E-state index contributed by atoms with van der Waals surface area (Å²) in [5.41, 5.74) is -1.31. The van der Waals surface area contributed by atoms with Gasteiger partial charge in [-0.05, 0) is 48.9 Å². The predicted molar refractivity (Wildman–Crippen MR) is 149 cm³/mol. The minimum Gasteiger partial charge on any atom is -0.397 e. The van der Waals surface area contributed by atoms with E-state index < -0.39 is 41.4 Å². The monoisotopic (exact) mass is 634 g/mol. The topological polar surface area (TPSA) is 87.5 Å². The molecule has 3 aromatic carbocycles. The first kappa shape index (κ1) is 31.3. The molecule has 1 heterocycles. The molecule has 0 aromatic heterocycles. The fourth-order valence-electron chi connectivity index (χ4n) is 4.47. The highest BCUT2D eigenvalue weighted by Crippen LogP contribution is 2.53. The second-order valence-corrected chi connectivity index (χ2v) is 10.3. The Bertz CT molecular complexity index is 1530. The molecule has 3 aromatic rings. The lowest BCUT2D eigenvalue weighted by Crippen LogP contribution is -2.50. The number of fused-ring (bicyclic) bond motifs is 2. The first-order valence-electron chi connectivity index (χ1n) is 12.1. The highest BCUT2D eigenvalue weighted by Gasteiger charge is 2.73. The second kappa shape index (κ2) is 11.2. The molecule has 0 bridgehead atoms. The molecule has 0 radical (unpaired) electrons. The quantitative estimate of drug-likeness (QED) is 0.130. The van der Waals surface area contributed by atoms with Crippen molar-refractivity contribution in [2.24, 2.45) is 0 Å². The van der Waals surface area contributed by atoms with Gasteiger partial charge in [0.15, 0.2) is 0 Å². The molecule has 0 spiro atoms. The molecule has 0 saturated carbocycles. The Balaban J connectivity index is 1.73. The van der Waals surface area contributed by atoms with Gasteiger partial charge in [0.05, 0.1) is 38.9 Å². The largest absolute Gasteiger partial charge is 0.435 e. The van der Waals surface area contributed by atoms with Crippen LogP contribution in [-0.2, 0) is 12.2 Å². The van der Waals surface area contributed by atoms with Gasteiger partial charge in [-0.2, -0.15) is 39.0 Å². The van der Waals surface area contributed by atoms with Crippen LogP contribution in [0.3, 0.4) is 0 Å². The van der Waals surface area contributed by atoms with E-state index in [1.54, 1.807) is 6.92 Å². The Morgan fingerprint density at radius 1 is 1.00 bits per heavy atom. The maximum atomic E-state index is 14.6. The number of nitrogens with zero attached hydrogens (tertiary/aromatic N) is 1. The van der Waals surface area contributed by atoms with Gasteiger partial charge in [0.1, 0.15) is 0 Å². The van der Waals surface area contributed by atoms with Crippen molar-refractivity contribution in [3.8, 4) is 0 Å². The fraction of sp³-hybridized carbons (Fsp3) is 0.259. The zero-order chi connectivity index (χ0) is 31.2. The maximum Gasteiger partial charge on any atom is 0.435 e. The number of hydrogen-bond acceptors (Lipinski definition) is 5. The molecule has 1 aliphatic rings. The van der Waals surface area contributed by atoms with Crippen LogP contribution in [0.2, 0.25) is 5.02 Å². The summed E-state index contributed by atoms with van der Waals surface area (Å²) in [7, 11) is 0. The molecule has 0 aliphatic carbocycles. The minimum atomic E-state index is -6.29. The van der Waals surface area contributed by atoms with Gasteiger partial charge >= 0.3 is 18.0 Å². The van der Waals surface area contributed by atoms with E-state index in [1.165, 1.54) is 41.3 Å². The molecule has 42 heavy (non-hydrogen) atoms. The summed E-state index contributed by atoms with van der Waals surface area (Å²) in [5, 5.41) is 5.40. The number of nitrogen functional groups attached to an aromatic ring is 1. The zero-order valence-corrected chi connectivity index (χ0v) is 23.2. The summed E-state index contributed by atoms with van der Waals surface area (Å²) >= 11 is 10.6. The van der Waals surface area contributed by atoms with Crippen molar-refractivity contribution in [3.63, 3.8) is 0 Å². The number of benzene rings is 3. The smallest absolute Gasteiger partial charge is 0.397 e. The number of carbonyl (C=O) groups is 2. The van der Waals surface area contributed by atoms with Crippen molar-refractivity contribution in [2.45, 2.75) is 37.5 Å². The number of hydrogen-bond donors (Lipinski definition) is 4. The van der Waals surface area contributed by atoms with Gasteiger partial charge in [-0.15, -0.1) is 0 Å². The number of amides is 2. The lowest BCUT2D eigenvalue weighted by Gasteiger charge is -2.33. The lowest BCUT2D eigenvalue weighted by molar-refractivity contribution is -0.348. The van der Waals surface area contributed by atoms with E-state index in [0.29, 0.717) is 17.7 Å². The van der Waals surface area contributed by atoms with Gasteiger partial charge in [-0.1, -0.05) is 29.8 Å². The van der Waals surface area contributed by atoms with Crippen molar-refractivity contribution in [3.05, 3.63) is 81.9 Å². The zero-order valence-electron chi connectivity index (χ0n) is 21.5. The Morgan fingerprint density at radius 3 is 2.29 bits per heavy atom. The first-order chi connectivity index (χ1) is 19.5. The van der Waals surface area contributed by atoms with Crippen LogP contribution in [0.25, 0.3) is 0 Å². The predicted octanol–water partition coefficient (Wildman–Crippen LogP) is 7.35. The van der Waals surface area contributed by atoms with Gasteiger partial charge in [-0.3, -0.25) is 9.59 Å². The van der Waals surface area contributed by atoms with Crippen molar-refractivity contribution in [1.82, 2.24) is 0 Å². The van der Waals surface area contributed by atoms with E-state index in [9.17, 15) is 40.3 Å². The van der Waals surface area contributed by atoms with E-state index in [2.05, 4.69) is 23.3 Å². The average molecular weight is 635 g/mol. The van der Waals surface area contributed by atoms with E-state index in [4.69, 9.17) is 17.3 Å². The summed E-state index contributed by atoms with van der Waals surface area (Å²) in [5.74, 6) is -0.984. The van der Waals surface area contributed by atoms with Crippen LogP contribution < -0.4 is 21.3 Å². The summed E-state index contributed by atoms with van der Waals surface area (Å²) in [6, 6.07) is 9.79. The lowest BCUT2D eigenvalue weighted by atomic mass is 9.93. The number of nitrogens with one attached hydrogen (secondary N) is 2. The number of rotatable bonds is 6. The highest BCUT2D eigenvalue weighted by atomic mass is 35.5. The Morgan fingerprint density at radius 2 is 1.67 bits per heavy atom. The van der Waals surface area contributed by atoms with Gasteiger partial charge in [-0.25, -0.2) is 4.39 Å². The molecule has 0 fully saturated rings. The van der Waals surface area contributed by atoms with Crippen LogP contribution in [0, 0.1) is 0 Å². The molecule has 2 amide bonds. The molecule has 0 unspecified atom stereocenters. The molecular formula is C27H22ClF7N4O2S. The van der Waals surface area contributed by atoms with Gasteiger partial charge in [0.2, 0.25) is 0 Å². The van der Waals surface area contributed by atoms with Gasteiger partial charge in [0.25, 0.3) is 11.8 Å². The third-order valence-electron chi connectivity index (χ3n) is 6.68. The number of anilines is 4. The molecule has 4 rings (SSSR count). The summed E-state index contributed by atoms with van der Waals surface area (Å²) in [6.07, 6.45) is -12.6. The standard InChI is InChI=1S/C27H22ClF7N4O2S/c1-13(12-42)39-21-9-14(5-8-19(21)38-23(40)16-3-2-4-17(28)22(16)24(39)41)11-37-20-10-15(6-7-18(20)36)25(29,26(30,31)32)27(33,34)35/h2-10,13,37,42H,11-12,36H2,1H3,(H,38,40)/t13-/m0/s1. The van der Waals surface area contributed by atoms with Crippen LogP contribution in [0.5, 0.6) is 0 Å². The summed E-state index contributed by atoms with van der Waals surface area (Å²) in [4.78, 5) is 28.1. The Labute approximate surface area is 245 Å². The Kier molecular flexibility index (Phi) is 8.35. The highest BCUT2D eigenvalue weighted by molar-refractivity contribution is 7.80. The van der Waals surface area contributed by atoms with Crippen LogP contribution >= 0.6 is 24.2 Å². The third kappa shape index (κ3) is 5.44. The number of carbonyl (C=O) groups excluding carboxylic acids is 2. The van der Waals surface area contributed by atoms with E-state index >= 15 is 0 Å². The number of nitrogens with two attached hydrogens (primary N) is 1. The molecule has 1 atom stereocenters. The summed E-state index contributed by atoms with van der Waals surface area (Å²) < 4.78 is 94.3. The van der Waals surface area contributed by atoms with E-state index in [0.717, 1.165) is 6.07 Å². The average Bonchev–Trinajstić information content (AvgIpc) is 2.91. The van der Waals surface area contributed by atoms with Crippen LogP contribution in [-0.4, -0.2) is 36.0 Å². The van der Waals surface area contributed by atoms with Crippen molar-refractivity contribution >= 4 is 58.8 Å². The van der Waals surface area contributed by atoms with Crippen LogP contribution in [0.4, 0.5) is 53.5 Å². The third-order valence-corrected chi connectivity index (χ3v) is 7.52. The summed E-state index contributed by atoms with van der Waals surface area (Å²) in [6.45, 7) is 1.48.